The zero-order chi connectivity index (χ0) is 18.4. The maximum atomic E-state index is 13.1. The van der Waals surface area contributed by atoms with Crippen LogP contribution in [0.15, 0.2) is 57.5 Å². The number of hydrogen-bond donors (Lipinski definition) is 0. The summed E-state index contributed by atoms with van der Waals surface area (Å²) in [5.41, 5.74) is -0.679. The number of amides is 3. The maximum Gasteiger partial charge on any atom is 0.337 e. The van der Waals surface area contributed by atoms with Gasteiger partial charge in [0.2, 0.25) is 0 Å². The molecule has 2 aromatic rings. The normalized spacial score (nSPS) is 20.3. The number of rotatable bonds is 3. The van der Waals surface area contributed by atoms with E-state index in [-0.39, 0.29) is 0 Å². The largest absolute Gasteiger partial charge is 0.337 e. The molecule has 5 nitrogen and oxygen atoms in total. The lowest BCUT2D eigenvalue weighted by Crippen LogP contribution is -2.53. The standard InChI is InChI=1S/C18H14Br2N2O3/c1-11(23)18(2)16(24)21(14-7-3-12(19)4-8-14)17(25)22(18)15-9-5-13(20)6-10-15/h3-10H,1-2H3/t18-/m0/s1. The Kier molecular flexibility index (Phi) is 4.55. The zero-order valence-electron chi connectivity index (χ0n) is 13.5. The van der Waals surface area contributed by atoms with E-state index >= 15 is 0 Å². The number of hydrogen-bond acceptors (Lipinski definition) is 3. The number of carbonyl (C=O) groups excluding carboxylic acids is 3. The average Bonchev–Trinajstić information content (AvgIpc) is 2.77. The highest BCUT2D eigenvalue weighted by Crippen LogP contribution is 2.37. The molecular formula is C18H14Br2N2O3. The summed E-state index contributed by atoms with van der Waals surface area (Å²) in [5.74, 6) is -0.955. The van der Waals surface area contributed by atoms with Gasteiger partial charge < -0.3 is 0 Å². The molecule has 3 amide bonds. The summed E-state index contributed by atoms with van der Waals surface area (Å²) in [6.07, 6.45) is 0. The summed E-state index contributed by atoms with van der Waals surface area (Å²) in [7, 11) is 0. The molecular weight excluding hydrogens is 452 g/mol. The number of Topliss-reactive ketones (excluding diaryl/α,β-unsaturated/α-hetero) is 1. The fourth-order valence-corrected chi connectivity index (χ4v) is 3.30. The van der Waals surface area contributed by atoms with Gasteiger partial charge in [0, 0.05) is 14.6 Å². The van der Waals surface area contributed by atoms with Crippen LogP contribution in [0.4, 0.5) is 16.2 Å². The van der Waals surface area contributed by atoms with Crippen LogP contribution in [0.2, 0.25) is 0 Å². The molecule has 1 saturated heterocycles. The van der Waals surface area contributed by atoms with E-state index in [0.717, 1.165) is 13.8 Å². The molecule has 0 saturated carbocycles. The lowest BCUT2D eigenvalue weighted by molar-refractivity contribution is -0.130. The van der Waals surface area contributed by atoms with Gasteiger partial charge in [-0.15, -0.1) is 0 Å². The summed E-state index contributed by atoms with van der Waals surface area (Å²) in [4.78, 5) is 40.8. The number of benzene rings is 2. The Morgan fingerprint density at radius 3 is 1.76 bits per heavy atom. The first-order chi connectivity index (χ1) is 11.8. The molecule has 1 aliphatic heterocycles. The Labute approximate surface area is 161 Å². The van der Waals surface area contributed by atoms with E-state index in [1.54, 1.807) is 48.5 Å². The molecule has 0 aromatic heterocycles. The van der Waals surface area contributed by atoms with Gasteiger partial charge in [0.1, 0.15) is 0 Å². The minimum atomic E-state index is -1.59. The number of imide groups is 1. The van der Waals surface area contributed by atoms with Crippen LogP contribution in [0.25, 0.3) is 0 Å². The second kappa shape index (κ2) is 6.38. The summed E-state index contributed by atoms with van der Waals surface area (Å²) < 4.78 is 1.66. The van der Waals surface area contributed by atoms with Crippen LogP contribution in [-0.4, -0.2) is 23.3 Å². The SMILES string of the molecule is CC(=O)[C@@]1(C)C(=O)N(c2ccc(Br)cc2)C(=O)N1c1ccc(Br)cc1. The molecule has 1 atom stereocenters. The van der Waals surface area contributed by atoms with E-state index in [9.17, 15) is 14.4 Å². The van der Waals surface area contributed by atoms with E-state index in [2.05, 4.69) is 31.9 Å². The third kappa shape index (κ3) is 2.81. The van der Waals surface area contributed by atoms with Crippen molar-refractivity contribution in [2.45, 2.75) is 19.4 Å². The van der Waals surface area contributed by atoms with E-state index < -0.39 is 23.3 Å². The highest BCUT2D eigenvalue weighted by molar-refractivity contribution is 9.10. The molecule has 0 radical (unpaired) electrons. The van der Waals surface area contributed by atoms with Crippen molar-refractivity contribution in [2.24, 2.45) is 0 Å². The molecule has 0 spiro atoms. The van der Waals surface area contributed by atoms with Crippen molar-refractivity contribution in [3.8, 4) is 0 Å². The Balaban J connectivity index is 2.14. The van der Waals surface area contributed by atoms with Gasteiger partial charge in [0.25, 0.3) is 5.91 Å². The third-order valence-corrected chi connectivity index (χ3v) is 5.36. The van der Waals surface area contributed by atoms with Gasteiger partial charge in [0.05, 0.1) is 5.69 Å². The van der Waals surface area contributed by atoms with E-state index in [1.165, 1.54) is 18.7 Å². The van der Waals surface area contributed by atoms with Gasteiger partial charge in [-0.25, -0.2) is 9.69 Å². The predicted octanol–water partition coefficient (Wildman–Crippen LogP) is 4.53. The minimum Gasteiger partial charge on any atom is -0.297 e. The van der Waals surface area contributed by atoms with Crippen molar-refractivity contribution < 1.29 is 14.4 Å². The van der Waals surface area contributed by atoms with E-state index in [1.807, 2.05) is 0 Å². The van der Waals surface area contributed by atoms with Crippen LogP contribution in [0.3, 0.4) is 0 Å². The van der Waals surface area contributed by atoms with Crippen molar-refractivity contribution in [3.05, 3.63) is 57.5 Å². The van der Waals surface area contributed by atoms with Crippen LogP contribution >= 0.6 is 31.9 Å². The first kappa shape index (κ1) is 17.8. The molecule has 25 heavy (non-hydrogen) atoms. The second-order valence-electron chi connectivity index (χ2n) is 5.84. The van der Waals surface area contributed by atoms with Crippen molar-refractivity contribution in [3.63, 3.8) is 0 Å². The van der Waals surface area contributed by atoms with Crippen LogP contribution in [0.1, 0.15) is 13.8 Å². The molecule has 1 heterocycles. The number of halogens is 2. The number of carbonyl (C=O) groups is 3. The van der Waals surface area contributed by atoms with Gasteiger partial charge in [-0.2, -0.15) is 0 Å². The van der Waals surface area contributed by atoms with Crippen LogP contribution in [0.5, 0.6) is 0 Å². The van der Waals surface area contributed by atoms with Gasteiger partial charge in [-0.3, -0.25) is 14.5 Å². The molecule has 2 aromatic carbocycles. The predicted molar refractivity (Wildman–Crippen MR) is 103 cm³/mol. The van der Waals surface area contributed by atoms with E-state index in [0.29, 0.717) is 11.4 Å². The van der Waals surface area contributed by atoms with Gasteiger partial charge in [-0.05, 0) is 62.4 Å². The third-order valence-electron chi connectivity index (χ3n) is 4.30. The van der Waals surface area contributed by atoms with Crippen molar-refractivity contribution in [1.82, 2.24) is 0 Å². The lowest BCUT2D eigenvalue weighted by Gasteiger charge is -2.29. The summed E-state index contributed by atoms with van der Waals surface area (Å²) >= 11 is 6.67. The number of nitrogens with zero attached hydrogens (tertiary/aromatic N) is 2. The quantitative estimate of drug-likeness (QED) is 0.494. The van der Waals surface area contributed by atoms with Crippen LogP contribution in [0, 0.1) is 0 Å². The molecule has 1 fully saturated rings. The highest BCUT2D eigenvalue weighted by atomic mass is 79.9. The Morgan fingerprint density at radius 2 is 1.32 bits per heavy atom. The first-order valence-corrected chi connectivity index (χ1v) is 9.06. The molecule has 0 bridgehead atoms. The Morgan fingerprint density at radius 1 is 0.880 bits per heavy atom. The fraction of sp³-hybridized carbons (Fsp3) is 0.167. The zero-order valence-corrected chi connectivity index (χ0v) is 16.7. The molecule has 3 rings (SSSR count). The van der Waals surface area contributed by atoms with Gasteiger partial charge in [0.15, 0.2) is 11.3 Å². The Hall–Kier alpha value is -1.99. The first-order valence-electron chi connectivity index (χ1n) is 7.47. The number of ketones is 1. The summed E-state index contributed by atoms with van der Waals surface area (Å²) in [5, 5.41) is 0. The molecule has 128 valence electrons. The monoisotopic (exact) mass is 464 g/mol. The van der Waals surface area contributed by atoms with Crippen molar-refractivity contribution in [2.75, 3.05) is 9.80 Å². The fourth-order valence-electron chi connectivity index (χ4n) is 2.78. The molecule has 0 aliphatic carbocycles. The maximum absolute atomic E-state index is 13.1. The minimum absolute atomic E-state index is 0.395. The van der Waals surface area contributed by atoms with Gasteiger partial charge in [-0.1, -0.05) is 31.9 Å². The lowest BCUT2D eigenvalue weighted by atomic mass is 9.95. The van der Waals surface area contributed by atoms with Gasteiger partial charge >= 0.3 is 6.03 Å². The smallest absolute Gasteiger partial charge is 0.297 e. The average molecular weight is 466 g/mol. The molecule has 7 heteroatoms. The highest BCUT2D eigenvalue weighted by Gasteiger charge is 2.58. The van der Waals surface area contributed by atoms with Crippen LogP contribution in [-0.2, 0) is 9.59 Å². The van der Waals surface area contributed by atoms with Crippen molar-refractivity contribution >= 4 is 61.0 Å². The molecule has 1 aliphatic rings. The molecule has 0 N–H and O–H groups in total. The number of anilines is 2. The topological polar surface area (TPSA) is 57.7 Å². The van der Waals surface area contributed by atoms with E-state index in [4.69, 9.17) is 0 Å². The Bertz CT molecular complexity index is 865. The summed E-state index contributed by atoms with van der Waals surface area (Å²) in [6, 6.07) is 13.2. The second-order valence-corrected chi connectivity index (χ2v) is 7.67. The summed E-state index contributed by atoms with van der Waals surface area (Å²) in [6.45, 7) is 2.80. The molecule has 0 unspecified atom stereocenters. The van der Waals surface area contributed by atoms with Crippen molar-refractivity contribution in [1.29, 1.82) is 0 Å². The number of urea groups is 1. The van der Waals surface area contributed by atoms with Crippen LogP contribution < -0.4 is 9.80 Å².